The summed E-state index contributed by atoms with van der Waals surface area (Å²) in [6, 6.07) is 0.674. The average molecular weight is 332 g/mol. The lowest BCUT2D eigenvalue weighted by Crippen LogP contribution is -2.56. The summed E-state index contributed by atoms with van der Waals surface area (Å²) in [5, 5.41) is 9.48. The van der Waals surface area contributed by atoms with E-state index in [4.69, 9.17) is 4.74 Å². The van der Waals surface area contributed by atoms with Crippen LogP contribution >= 0.6 is 0 Å². The molecule has 23 heavy (non-hydrogen) atoms. The minimum atomic E-state index is -4.63. The van der Waals surface area contributed by atoms with Crippen molar-refractivity contribution in [1.29, 1.82) is 0 Å². The van der Waals surface area contributed by atoms with Gasteiger partial charge in [-0.1, -0.05) is 0 Å². The highest BCUT2D eigenvalue weighted by Gasteiger charge is 2.50. The number of carbonyl (C=O) groups is 2. The number of aromatic nitrogens is 1. The number of hydrogen-bond donors (Lipinski definition) is 1. The van der Waals surface area contributed by atoms with Gasteiger partial charge in [-0.05, 0) is 18.9 Å². The molecule has 126 valence electrons. The van der Waals surface area contributed by atoms with E-state index in [9.17, 15) is 27.9 Å². The number of pyridine rings is 1. The van der Waals surface area contributed by atoms with Crippen LogP contribution in [0, 0.1) is 0 Å². The van der Waals surface area contributed by atoms with Crippen LogP contribution in [0.4, 0.5) is 13.2 Å². The van der Waals surface area contributed by atoms with E-state index in [-0.39, 0.29) is 25.1 Å². The lowest BCUT2D eigenvalue weighted by atomic mass is 9.96. The van der Waals surface area contributed by atoms with Crippen molar-refractivity contribution in [3.63, 3.8) is 0 Å². The molecule has 2 heterocycles. The fourth-order valence-corrected chi connectivity index (χ4v) is 2.72. The van der Waals surface area contributed by atoms with Gasteiger partial charge in [0.15, 0.2) is 5.54 Å². The second kappa shape index (κ2) is 6.15. The Hall–Kier alpha value is -2.16. The molecule has 1 atom stereocenters. The van der Waals surface area contributed by atoms with Crippen LogP contribution in [-0.4, -0.2) is 52.7 Å². The molecule has 1 aromatic heterocycles. The molecule has 0 bridgehead atoms. The van der Waals surface area contributed by atoms with Crippen molar-refractivity contribution in [1.82, 2.24) is 9.88 Å². The Morgan fingerprint density at radius 1 is 1.43 bits per heavy atom. The number of nitrogens with zero attached hydrogens (tertiary/aromatic N) is 2. The largest absolute Gasteiger partial charge is 0.479 e. The molecule has 1 fully saturated rings. The fourth-order valence-electron chi connectivity index (χ4n) is 2.72. The molecule has 1 amide bonds. The number of aliphatic carboxylic acids is 1. The van der Waals surface area contributed by atoms with Gasteiger partial charge in [-0.15, -0.1) is 0 Å². The average Bonchev–Trinajstić information content (AvgIpc) is 2.91. The summed E-state index contributed by atoms with van der Waals surface area (Å²) >= 11 is 0. The van der Waals surface area contributed by atoms with Crippen molar-refractivity contribution in [3.05, 3.63) is 29.6 Å². The third-order valence-electron chi connectivity index (χ3n) is 3.83. The SMILES string of the molecule is COCC1(C(=O)O)CCCN1C(=O)c1cncc(C(F)(F)F)c1. The van der Waals surface area contributed by atoms with Crippen LogP contribution < -0.4 is 0 Å². The van der Waals surface area contributed by atoms with Crippen molar-refractivity contribution >= 4 is 11.9 Å². The number of rotatable bonds is 4. The van der Waals surface area contributed by atoms with Crippen LogP contribution in [0.25, 0.3) is 0 Å². The van der Waals surface area contributed by atoms with Crippen LogP contribution in [0.1, 0.15) is 28.8 Å². The number of carboxylic acid groups (broad SMARTS) is 1. The molecule has 0 saturated carbocycles. The van der Waals surface area contributed by atoms with Gasteiger partial charge in [0.25, 0.3) is 5.91 Å². The van der Waals surface area contributed by atoms with Gasteiger partial charge in [0.05, 0.1) is 17.7 Å². The van der Waals surface area contributed by atoms with Gasteiger partial charge in [-0.3, -0.25) is 9.78 Å². The van der Waals surface area contributed by atoms with Crippen molar-refractivity contribution < 1.29 is 32.6 Å². The van der Waals surface area contributed by atoms with E-state index in [0.717, 1.165) is 11.1 Å². The van der Waals surface area contributed by atoms with E-state index in [2.05, 4.69) is 4.98 Å². The number of ether oxygens (including phenoxy) is 1. The van der Waals surface area contributed by atoms with Crippen molar-refractivity contribution in [2.24, 2.45) is 0 Å². The van der Waals surface area contributed by atoms with Gasteiger partial charge in [0.1, 0.15) is 0 Å². The molecule has 9 heteroatoms. The Labute approximate surface area is 129 Å². The Kier molecular flexibility index (Phi) is 4.60. The normalized spacial score (nSPS) is 21.5. The number of carboxylic acids is 1. The zero-order valence-corrected chi connectivity index (χ0v) is 12.3. The summed E-state index contributed by atoms with van der Waals surface area (Å²) < 4.78 is 43.1. The second-order valence-electron chi connectivity index (χ2n) is 5.29. The topological polar surface area (TPSA) is 79.7 Å². The minimum Gasteiger partial charge on any atom is -0.479 e. The molecule has 0 aliphatic carbocycles. The first-order valence-corrected chi connectivity index (χ1v) is 6.79. The van der Waals surface area contributed by atoms with Gasteiger partial charge in [-0.2, -0.15) is 13.2 Å². The van der Waals surface area contributed by atoms with E-state index in [1.807, 2.05) is 0 Å². The molecule has 6 nitrogen and oxygen atoms in total. The molecule has 1 aliphatic heterocycles. The summed E-state index contributed by atoms with van der Waals surface area (Å²) in [6.45, 7) is -0.106. The van der Waals surface area contributed by atoms with Crippen LogP contribution in [0.5, 0.6) is 0 Å². The molecule has 0 aromatic carbocycles. The van der Waals surface area contributed by atoms with Crippen molar-refractivity contribution in [2.75, 3.05) is 20.3 Å². The smallest absolute Gasteiger partial charge is 0.417 e. The number of likely N-dealkylation sites (tertiary alicyclic amines) is 1. The molecule has 0 spiro atoms. The van der Waals surface area contributed by atoms with Gasteiger partial charge in [-0.25, -0.2) is 4.79 Å². The zero-order chi connectivity index (χ0) is 17.3. The van der Waals surface area contributed by atoms with Crippen LogP contribution in [0.3, 0.4) is 0 Å². The van der Waals surface area contributed by atoms with E-state index >= 15 is 0 Å². The standard InChI is InChI=1S/C14H15F3N2O4/c1-23-8-13(12(21)22)3-2-4-19(13)11(20)9-5-10(7-18-6-9)14(15,16)17/h5-7H,2-4,8H2,1H3,(H,21,22). The van der Waals surface area contributed by atoms with E-state index < -0.39 is 29.2 Å². The first kappa shape index (κ1) is 17.2. The van der Waals surface area contributed by atoms with E-state index in [1.54, 1.807) is 0 Å². The summed E-state index contributed by atoms with van der Waals surface area (Å²) in [4.78, 5) is 28.6. The number of alkyl halides is 3. The van der Waals surface area contributed by atoms with Gasteiger partial charge in [0, 0.05) is 26.0 Å². The molecular weight excluding hydrogens is 317 g/mol. The maximum Gasteiger partial charge on any atom is 0.417 e. The van der Waals surface area contributed by atoms with Gasteiger partial charge >= 0.3 is 12.1 Å². The third kappa shape index (κ3) is 3.14. The Morgan fingerprint density at radius 3 is 2.70 bits per heavy atom. The van der Waals surface area contributed by atoms with Crippen LogP contribution in [0.15, 0.2) is 18.5 Å². The van der Waals surface area contributed by atoms with Gasteiger partial charge in [0.2, 0.25) is 0 Å². The van der Waals surface area contributed by atoms with Gasteiger partial charge < -0.3 is 14.7 Å². The number of hydrogen-bond acceptors (Lipinski definition) is 4. The quantitative estimate of drug-likeness (QED) is 0.909. The Bertz CT molecular complexity index is 620. The molecule has 1 unspecified atom stereocenters. The fraction of sp³-hybridized carbons (Fsp3) is 0.500. The first-order chi connectivity index (χ1) is 10.7. The lowest BCUT2D eigenvalue weighted by Gasteiger charge is -2.34. The van der Waals surface area contributed by atoms with E-state index in [0.29, 0.717) is 18.7 Å². The second-order valence-corrected chi connectivity index (χ2v) is 5.29. The predicted octanol–water partition coefficient (Wildman–Crippen LogP) is 1.81. The highest BCUT2D eigenvalue weighted by Crippen LogP contribution is 2.33. The molecule has 1 saturated heterocycles. The lowest BCUT2D eigenvalue weighted by molar-refractivity contribution is -0.151. The number of halogens is 3. The summed E-state index contributed by atoms with van der Waals surface area (Å²) in [7, 11) is 1.30. The number of carbonyl (C=O) groups excluding carboxylic acids is 1. The van der Waals surface area contributed by atoms with Crippen LogP contribution in [0.2, 0.25) is 0 Å². The highest BCUT2D eigenvalue weighted by molar-refractivity contribution is 5.98. The molecular formula is C14H15F3N2O4. The first-order valence-electron chi connectivity index (χ1n) is 6.79. The Morgan fingerprint density at radius 2 is 2.13 bits per heavy atom. The molecule has 1 aliphatic rings. The van der Waals surface area contributed by atoms with Crippen molar-refractivity contribution in [2.45, 2.75) is 24.6 Å². The number of methoxy groups -OCH3 is 1. The van der Waals surface area contributed by atoms with Crippen LogP contribution in [-0.2, 0) is 15.7 Å². The summed E-state index contributed by atoms with van der Waals surface area (Å²) in [5.41, 5.74) is -2.93. The monoisotopic (exact) mass is 332 g/mol. The van der Waals surface area contributed by atoms with E-state index in [1.165, 1.54) is 7.11 Å². The molecule has 1 N–H and O–H groups in total. The zero-order valence-electron chi connectivity index (χ0n) is 12.3. The van der Waals surface area contributed by atoms with Crippen molar-refractivity contribution in [3.8, 4) is 0 Å². The predicted molar refractivity (Wildman–Crippen MR) is 71.8 cm³/mol. The maximum atomic E-state index is 12.7. The minimum absolute atomic E-state index is 0.130. The molecule has 2 rings (SSSR count). The molecule has 0 radical (unpaired) electrons. The maximum absolute atomic E-state index is 12.7. The molecule has 1 aromatic rings. The summed E-state index contributed by atoms with van der Waals surface area (Å²) in [6.07, 6.45) is -2.43. The number of amides is 1. The Balaban J connectivity index is 2.38. The third-order valence-corrected chi connectivity index (χ3v) is 3.83. The highest BCUT2D eigenvalue weighted by atomic mass is 19.4. The summed E-state index contributed by atoms with van der Waals surface area (Å²) in [5.74, 6) is -2.05.